The van der Waals surface area contributed by atoms with Crippen molar-refractivity contribution in [2.24, 2.45) is 11.8 Å². The minimum absolute atomic E-state index is 0.0490. The molecule has 0 aliphatic carbocycles. The van der Waals surface area contributed by atoms with Crippen molar-refractivity contribution in [2.45, 2.75) is 213 Å². The number of ether oxygens (including phenoxy) is 2. The summed E-state index contributed by atoms with van der Waals surface area (Å²) in [6.07, 6.45) is 18.8. The minimum Gasteiger partial charge on any atom is -0.481 e. The fourth-order valence-corrected chi connectivity index (χ4v) is 8.86. The predicted octanol–water partition coefficient (Wildman–Crippen LogP) is 5.98. The van der Waals surface area contributed by atoms with Crippen molar-refractivity contribution in [3.8, 4) is 0 Å². The molecule has 3 amide bonds. The molecular weight excluding hydrogens is 999 g/mol. The number of aromatic amines is 1. The summed E-state index contributed by atoms with van der Waals surface area (Å²) < 4.78 is 37.0. The number of carboxylic acids is 3. The summed E-state index contributed by atoms with van der Waals surface area (Å²) >= 11 is 0. The van der Waals surface area contributed by atoms with Gasteiger partial charge in [0, 0.05) is 64.8 Å². The Balaban J connectivity index is 0.00000172. The highest BCUT2D eigenvalue weighted by atomic mass is 32.2. The van der Waals surface area contributed by atoms with Crippen LogP contribution in [0.3, 0.4) is 0 Å². The standard InChI is InChI=1S/C32H56N6O9S.C19H33NO7/c1-2-17-25(31(42)43)24-26(39)21-22-27(32(44)45)33-29(40)20-16-23-48(46,47)36-30(41)19-15-13-11-9-7-5-3-4-6-8-10-12-14-18-28-34-37-38-35-28;1-3-17(22)8-6-4-5-7-16(19(24)25)13-18(23)14-27-12-11-26-10-9-20-15(2)21/h25,27H,2-24H2,1H3,(H,33,40)(H,36,41)(H,42,43)(H,44,45)(H,34,35,37,38);16H,3-14H2,1-2H3,(H,20,21)(H,24,25). The molecule has 0 bridgehead atoms. The molecule has 24 heteroatoms. The van der Waals surface area contributed by atoms with Crippen LogP contribution >= 0.6 is 0 Å². The number of hydrogen-bond donors (Lipinski definition) is 7. The Hall–Kier alpha value is -5.23. The molecule has 0 aliphatic heterocycles. The highest BCUT2D eigenvalue weighted by Crippen LogP contribution is 2.18. The van der Waals surface area contributed by atoms with E-state index in [0.717, 1.165) is 57.2 Å². The maximum absolute atomic E-state index is 12.3. The van der Waals surface area contributed by atoms with Crippen LogP contribution in [-0.4, -0.2) is 142 Å². The molecule has 0 spiro atoms. The molecule has 3 unspecified atom stereocenters. The zero-order valence-electron chi connectivity index (χ0n) is 44.9. The average Bonchev–Trinajstić information content (AvgIpc) is 3.87. The predicted molar refractivity (Wildman–Crippen MR) is 278 cm³/mol. The van der Waals surface area contributed by atoms with Gasteiger partial charge in [0.05, 0.1) is 37.4 Å². The number of carbonyl (C=O) groups is 9. The second kappa shape index (κ2) is 45.0. The lowest BCUT2D eigenvalue weighted by Gasteiger charge is -2.15. The van der Waals surface area contributed by atoms with E-state index in [1.165, 1.54) is 51.9 Å². The second-order valence-corrected chi connectivity index (χ2v) is 20.7. The summed E-state index contributed by atoms with van der Waals surface area (Å²) in [5, 5.41) is 46.6. The monoisotopic (exact) mass is 1090 g/mol. The molecule has 1 aromatic heterocycles. The van der Waals surface area contributed by atoms with Gasteiger partial charge in [0.15, 0.2) is 11.6 Å². The summed E-state index contributed by atoms with van der Waals surface area (Å²) in [7, 11) is -3.94. The number of hydrogen-bond acceptors (Lipinski definition) is 16. The van der Waals surface area contributed by atoms with Gasteiger partial charge in [-0.15, -0.1) is 10.2 Å². The van der Waals surface area contributed by atoms with Crippen molar-refractivity contribution in [3.63, 3.8) is 0 Å². The molecule has 0 saturated carbocycles. The number of carboxylic acid groups (broad SMARTS) is 3. The van der Waals surface area contributed by atoms with Crippen LogP contribution in [0.2, 0.25) is 0 Å². The zero-order chi connectivity index (χ0) is 56.1. The number of nitrogens with zero attached hydrogens (tertiary/aromatic N) is 3. The van der Waals surface area contributed by atoms with E-state index in [1.807, 2.05) is 11.6 Å². The Morgan fingerprint density at radius 1 is 0.587 bits per heavy atom. The Morgan fingerprint density at radius 3 is 1.69 bits per heavy atom. The van der Waals surface area contributed by atoms with Gasteiger partial charge in [0.25, 0.3) is 0 Å². The van der Waals surface area contributed by atoms with Crippen LogP contribution in [-0.2, 0) is 69.1 Å². The van der Waals surface area contributed by atoms with E-state index in [0.29, 0.717) is 64.7 Å². The molecule has 1 heterocycles. The fraction of sp³-hybridized carbons (Fsp3) is 0.804. The van der Waals surface area contributed by atoms with Crippen LogP contribution in [0.1, 0.15) is 206 Å². The molecule has 3 atom stereocenters. The molecule has 1 rings (SSSR count). The molecule has 0 radical (unpaired) electrons. The number of aliphatic carboxylic acids is 3. The number of sulfonamides is 1. The summed E-state index contributed by atoms with van der Waals surface area (Å²) in [5.41, 5.74) is 0. The van der Waals surface area contributed by atoms with Gasteiger partial charge in [0.2, 0.25) is 27.7 Å². The van der Waals surface area contributed by atoms with Crippen molar-refractivity contribution < 1.29 is 76.4 Å². The van der Waals surface area contributed by atoms with E-state index in [2.05, 4.69) is 31.3 Å². The summed E-state index contributed by atoms with van der Waals surface area (Å²) in [6.45, 7) is 6.23. The van der Waals surface area contributed by atoms with Gasteiger partial charge in [-0.25, -0.2) is 13.2 Å². The largest absolute Gasteiger partial charge is 0.481 e. The zero-order valence-corrected chi connectivity index (χ0v) is 45.7. The summed E-state index contributed by atoms with van der Waals surface area (Å²) in [4.78, 5) is 104. The normalized spacial score (nSPS) is 12.4. The van der Waals surface area contributed by atoms with E-state index in [9.17, 15) is 66.9 Å². The number of unbranched alkanes of at least 4 members (excludes halogenated alkanes) is 14. The van der Waals surface area contributed by atoms with Crippen molar-refractivity contribution in [1.29, 1.82) is 0 Å². The van der Waals surface area contributed by atoms with E-state index in [-0.39, 0.29) is 75.6 Å². The number of aromatic nitrogens is 4. The van der Waals surface area contributed by atoms with Gasteiger partial charge < -0.3 is 35.4 Å². The van der Waals surface area contributed by atoms with Gasteiger partial charge in [-0.1, -0.05) is 109 Å². The molecule has 7 N–H and O–H groups in total. The second-order valence-electron chi connectivity index (χ2n) is 18.9. The SMILES string of the molecule is CCC(=O)CCCCCC(CC(=O)COCCOCCNC(C)=O)C(=O)O.CCCC(CC(=O)CCC(NC(=O)CCCS(=O)(=O)NC(=O)CCCCCCCCCCCCCCCc1nn[nH]n1)C(=O)O)C(=O)O. The number of H-pyrrole nitrogens is 1. The molecule has 430 valence electrons. The summed E-state index contributed by atoms with van der Waals surface area (Å²) in [6, 6.07) is -1.37. The number of rotatable bonds is 49. The number of Topliss-reactive ketones (excluding diaryl/α,β-unsaturated/α-hetero) is 3. The molecule has 0 aromatic carbocycles. The number of nitrogens with one attached hydrogen (secondary N) is 4. The molecule has 23 nitrogen and oxygen atoms in total. The maximum Gasteiger partial charge on any atom is 0.326 e. The molecule has 0 aliphatic rings. The molecule has 75 heavy (non-hydrogen) atoms. The van der Waals surface area contributed by atoms with E-state index in [4.69, 9.17) is 9.47 Å². The molecule has 1 aromatic rings. The van der Waals surface area contributed by atoms with Gasteiger partial charge in [-0.05, 0) is 44.9 Å². The first-order valence-corrected chi connectivity index (χ1v) is 28.6. The quantitative estimate of drug-likeness (QED) is 0.0369. The van der Waals surface area contributed by atoms with Gasteiger partial charge in [-0.2, -0.15) is 5.21 Å². The topological polar surface area (TPSA) is 357 Å². The number of tetrazole rings is 1. The van der Waals surface area contributed by atoms with Gasteiger partial charge in [0.1, 0.15) is 24.2 Å². The van der Waals surface area contributed by atoms with Crippen molar-refractivity contribution in [2.75, 3.05) is 38.7 Å². The Morgan fingerprint density at radius 2 is 1.13 bits per heavy atom. The van der Waals surface area contributed by atoms with Crippen LogP contribution in [0, 0.1) is 11.8 Å². The first-order valence-electron chi connectivity index (χ1n) is 27.0. The first kappa shape index (κ1) is 69.8. The van der Waals surface area contributed by atoms with Gasteiger partial charge in [-0.3, -0.25) is 43.1 Å². The van der Waals surface area contributed by atoms with Crippen molar-refractivity contribution in [3.05, 3.63) is 5.82 Å². The Bertz CT molecular complexity index is 1900. The Labute approximate surface area is 443 Å². The Kier molecular flexibility index (Phi) is 41.9. The highest BCUT2D eigenvalue weighted by Gasteiger charge is 2.25. The first-order chi connectivity index (χ1) is 35.8. The van der Waals surface area contributed by atoms with Crippen LogP contribution in [0.4, 0.5) is 0 Å². The fourth-order valence-electron chi connectivity index (χ4n) is 7.79. The van der Waals surface area contributed by atoms with Crippen LogP contribution in [0.5, 0.6) is 0 Å². The third-order valence-electron chi connectivity index (χ3n) is 12.1. The molecule has 0 saturated heterocycles. The van der Waals surface area contributed by atoms with Crippen LogP contribution < -0.4 is 15.4 Å². The van der Waals surface area contributed by atoms with E-state index < -0.39 is 69.2 Å². The number of carbonyl (C=O) groups excluding carboxylic acids is 6. The highest BCUT2D eigenvalue weighted by molar-refractivity contribution is 7.90. The van der Waals surface area contributed by atoms with Crippen molar-refractivity contribution in [1.82, 2.24) is 36.0 Å². The van der Waals surface area contributed by atoms with Gasteiger partial charge >= 0.3 is 17.9 Å². The molecular formula is C51H89N7O16S. The van der Waals surface area contributed by atoms with E-state index >= 15 is 0 Å². The summed E-state index contributed by atoms with van der Waals surface area (Å²) in [5.74, 6) is -6.50. The van der Waals surface area contributed by atoms with Crippen molar-refractivity contribution >= 4 is 63.0 Å². The minimum atomic E-state index is -3.94. The number of ketones is 3. The number of aryl methyl sites for hydroxylation is 1. The smallest absolute Gasteiger partial charge is 0.326 e. The maximum atomic E-state index is 12.3. The lowest BCUT2D eigenvalue weighted by molar-refractivity contribution is -0.145. The van der Waals surface area contributed by atoms with E-state index in [1.54, 1.807) is 6.92 Å². The lowest BCUT2D eigenvalue weighted by Crippen LogP contribution is -2.41. The number of amides is 3. The third kappa shape index (κ3) is 42.7. The molecule has 0 fully saturated rings. The van der Waals surface area contributed by atoms with Crippen LogP contribution in [0.25, 0.3) is 0 Å². The lowest BCUT2D eigenvalue weighted by atomic mass is 9.95. The average molecular weight is 1090 g/mol. The third-order valence-corrected chi connectivity index (χ3v) is 13.4. The van der Waals surface area contributed by atoms with Crippen LogP contribution in [0.15, 0.2) is 0 Å².